The van der Waals surface area contributed by atoms with Gasteiger partial charge in [-0.15, -0.1) is 0 Å². The fourth-order valence-corrected chi connectivity index (χ4v) is 8.04. The molecule has 44 heavy (non-hydrogen) atoms. The molecule has 2 aliphatic rings. The largest absolute Gasteiger partial charge is 0.203 e. The molecule has 0 saturated heterocycles. The van der Waals surface area contributed by atoms with Crippen molar-refractivity contribution in [2.24, 2.45) is 17.8 Å². The van der Waals surface area contributed by atoms with Crippen molar-refractivity contribution in [3.8, 4) is 22.3 Å². The Morgan fingerprint density at radius 2 is 1.05 bits per heavy atom. The molecule has 0 bridgehead atoms. The number of hydrogen-bond donors (Lipinski definition) is 0. The minimum absolute atomic E-state index is 0.0605. The van der Waals surface area contributed by atoms with Crippen molar-refractivity contribution in [1.82, 2.24) is 0 Å². The Morgan fingerprint density at radius 1 is 0.523 bits per heavy atom. The molecule has 2 fully saturated rings. The van der Waals surface area contributed by atoms with Crippen LogP contribution in [0.5, 0.6) is 0 Å². The second kappa shape index (κ2) is 15.6. The summed E-state index contributed by atoms with van der Waals surface area (Å²) in [5, 5.41) is 0. The summed E-state index contributed by atoms with van der Waals surface area (Å²) >= 11 is 0. The minimum Gasteiger partial charge on any atom is -0.203 e. The van der Waals surface area contributed by atoms with Gasteiger partial charge >= 0.3 is 0 Å². The Morgan fingerprint density at radius 3 is 1.64 bits per heavy atom. The van der Waals surface area contributed by atoms with Crippen LogP contribution in [0.2, 0.25) is 0 Å². The Labute approximate surface area is 262 Å². The molecule has 3 aromatic rings. The third-order valence-corrected chi connectivity index (χ3v) is 10.8. The van der Waals surface area contributed by atoms with Gasteiger partial charge in [0.05, 0.1) is 0 Å². The lowest BCUT2D eigenvalue weighted by Gasteiger charge is -2.38. The smallest absolute Gasteiger partial charge is 0.166 e. The molecule has 0 N–H and O–H groups in total. The number of rotatable bonds is 12. The summed E-state index contributed by atoms with van der Waals surface area (Å²) in [5.74, 6) is -0.726. The van der Waals surface area contributed by atoms with Crippen molar-refractivity contribution < 1.29 is 17.6 Å². The first-order valence-electron chi connectivity index (χ1n) is 17.5. The summed E-state index contributed by atoms with van der Waals surface area (Å²) < 4.78 is 60.6. The Balaban J connectivity index is 1.20. The maximum atomic E-state index is 15.5. The molecule has 0 atom stereocenters. The summed E-state index contributed by atoms with van der Waals surface area (Å²) in [6.07, 6.45) is 18.2. The standard InChI is InChI=1S/C40H50F4/c1-3-5-7-9-27-11-13-28(14-12-27)29-15-17-30(18-16-29)35-25-26-36(40(44)39(35)43)32-21-19-31(20-22-32)34-24-23-33(10-8-6-4-2)37(41)38(34)42/h19-30H,3-18H2,1-2H3. The molecule has 0 radical (unpaired) electrons. The van der Waals surface area contributed by atoms with Crippen molar-refractivity contribution in [3.05, 3.63) is 82.9 Å². The Hall–Kier alpha value is -2.62. The van der Waals surface area contributed by atoms with Crippen LogP contribution >= 0.6 is 0 Å². The van der Waals surface area contributed by atoms with Crippen LogP contribution in [0.3, 0.4) is 0 Å². The normalized spacial score (nSPS) is 22.3. The van der Waals surface area contributed by atoms with Crippen molar-refractivity contribution in [1.29, 1.82) is 0 Å². The summed E-state index contributed by atoms with van der Waals surface area (Å²) in [4.78, 5) is 0. The van der Waals surface area contributed by atoms with Crippen LogP contribution < -0.4 is 0 Å². The van der Waals surface area contributed by atoms with Gasteiger partial charge < -0.3 is 0 Å². The zero-order chi connectivity index (χ0) is 31.1. The van der Waals surface area contributed by atoms with Gasteiger partial charge in [-0.25, -0.2) is 17.6 Å². The van der Waals surface area contributed by atoms with Gasteiger partial charge in [-0.3, -0.25) is 0 Å². The maximum Gasteiger partial charge on any atom is 0.166 e. The fourth-order valence-electron chi connectivity index (χ4n) is 8.04. The van der Waals surface area contributed by atoms with E-state index < -0.39 is 23.3 Å². The highest BCUT2D eigenvalue weighted by Crippen LogP contribution is 2.45. The van der Waals surface area contributed by atoms with Gasteiger partial charge in [0.1, 0.15) is 0 Å². The van der Waals surface area contributed by atoms with Crippen molar-refractivity contribution in [2.45, 2.75) is 122 Å². The highest BCUT2D eigenvalue weighted by Gasteiger charge is 2.32. The van der Waals surface area contributed by atoms with E-state index in [2.05, 4.69) is 13.8 Å². The van der Waals surface area contributed by atoms with Crippen LogP contribution in [0.15, 0.2) is 48.5 Å². The van der Waals surface area contributed by atoms with E-state index in [1.54, 1.807) is 48.5 Å². The molecule has 0 aliphatic heterocycles. The number of hydrogen-bond acceptors (Lipinski definition) is 0. The van der Waals surface area contributed by atoms with E-state index in [1.807, 2.05) is 0 Å². The lowest BCUT2D eigenvalue weighted by molar-refractivity contribution is 0.155. The molecule has 0 spiro atoms. The van der Waals surface area contributed by atoms with Crippen LogP contribution in [-0.4, -0.2) is 0 Å². The van der Waals surface area contributed by atoms with E-state index in [-0.39, 0.29) is 17.0 Å². The summed E-state index contributed by atoms with van der Waals surface area (Å²) in [7, 11) is 0. The fraction of sp³-hybridized carbons (Fsp3) is 0.550. The van der Waals surface area contributed by atoms with Crippen molar-refractivity contribution in [3.63, 3.8) is 0 Å². The van der Waals surface area contributed by atoms with E-state index in [4.69, 9.17) is 0 Å². The number of halogens is 4. The van der Waals surface area contributed by atoms with Crippen molar-refractivity contribution >= 4 is 0 Å². The van der Waals surface area contributed by atoms with Gasteiger partial charge in [-0.1, -0.05) is 114 Å². The maximum absolute atomic E-state index is 15.5. The Kier molecular flexibility index (Phi) is 11.6. The van der Waals surface area contributed by atoms with Crippen LogP contribution in [0, 0.1) is 41.0 Å². The van der Waals surface area contributed by atoms with Crippen LogP contribution in [0.25, 0.3) is 22.3 Å². The van der Waals surface area contributed by atoms with Gasteiger partial charge in [0.15, 0.2) is 23.3 Å². The number of aryl methyl sites for hydroxylation is 1. The molecule has 0 aromatic heterocycles. The van der Waals surface area contributed by atoms with E-state index in [0.717, 1.165) is 62.7 Å². The van der Waals surface area contributed by atoms with Crippen LogP contribution in [-0.2, 0) is 6.42 Å². The van der Waals surface area contributed by atoms with Gasteiger partial charge in [0.25, 0.3) is 0 Å². The molecule has 0 unspecified atom stereocenters. The first-order chi connectivity index (χ1) is 21.4. The SMILES string of the molecule is CCCCCc1ccc(-c2ccc(-c3ccc(C4CCC(C5CCC(CCCCC)CC5)CC4)c(F)c3F)cc2)c(F)c1F. The molecular formula is C40H50F4. The monoisotopic (exact) mass is 606 g/mol. The van der Waals surface area contributed by atoms with Crippen LogP contribution in [0.4, 0.5) is 17.6 Å². The molecule has 3 aromatic carbocycles. The molecule has 4 heteroatoms. The molecule has 5 rings (SSSR count). The van der Waals surface area contributed by atoms with E-state index in [0.29, 0.717) is 28.7 Å². The van der Waals surface area contributed by atoms with E-state index >= 15 is 8.78 Å². The lowest BCUT2D eigenvalue weighted by atomic mass is 9.68. The molecule has 238 valence electrons. The third-order valence-electron chi connectivity index (χ3n) is 10.8. The minimum atomic E-state index is -0.863. The van der Waals surface area contributed by atoms with E-state index in [9.17, 15) is 8.78 Å². The van der Waals surface area contributed by atoms with Crippen molar-refractivity contribution in [2.75, 3.05) is 0 Å². The van der Waals surface area contributed by atoms with Crippen LogP contribution in [0.1, 0.15) is 127 Å². The molecular weight excluding hydrogens is 556 g/mol. The average molecular weight is 607 g/mol. The quantitative estimate of drug-likeness (QED) is 0.142. The van der Waals surface area contributed by atoms with Gasteiger partial charge in [-0.05, 0) is 97.3 Å². The highest BCUT2D eigenvalue weighted by molar-refractivity contribution is 5.71. The summed E-state index contributed by atoms with van der Waals surface area (Å²) in [6, 6.07) is 13.3. The molecule has 2 aliphatic carbocycles. The predicted molar refractivity (Wildman–Crippen MR) is 175 cm³/mol. The summed E-state index contributed by atoms with van der Waals surface area (Å²) in [6.45, 7) is 4.34. The highest BCUT2D eigenvalue weighted by atomic mass is 19.2. The Bertz CT molecular complexity index is 1340. The number of benzene rings is 3. The molecule has 0 nitrogen and oxygen atoms in total. The molecule has 0 heterocycles. The molecule has 2 saturated carbocycles. The lowest BCUT2D eigenvalue weighted by Crippen LogP contribution is -2.25. The average Bonchev–Trinajstić information content (AvgIpc) is 3.05. The zero-order valence-corrected chi connectivity index (χ0v) is 26.8. The predicted octanol–water partition coefficient (Wildman–Crippen LogP) is 13.0. The second-order valence-electron chi connectivity index (χ2n) is 13.7. The first-order valence-corrected chi connectivity index (χ1v) is 17.5. The second-order valence-corrected chi connectivity index (χ2v) is 13.7. The topological polar surface area (TPSA) is 0 Å². The zero-order valence-electron chi connectivity index (χ0n) is 26.8. The van der Waals surface area contributed by atoms with Gasteiger partial charge in [0.2, 0.25) is 0 Å². The third kappa shape index (κ3) is 7.60. The van der Waals surface area contributed by atoms with E-state index in [1.165, 1.54) is 51.4 Å². The number of unbranched alkanes of at least 4 members (excludes halogenated alkanes) is 4. The molecule has 0 amide bonds. The summed E-state index contributed by atoms with van der Waals surface area (Å²) in [5.41, 5.74) is 2.28. The van der Waals surface area contributed by atoms with Gasteiger partial charge in [-0.2, -0.15) is 0 Å². The van der Waals surface area contributed by atoms with Gasteiger partial charge in [0, 0.05) is 11.1 Å². The first kappa shape index (κ1) is 32.8.